The number of carbonyl (C=O) groups excluding carboxylic acids is 2. The van der Waals surface area contributed by atoms with Crippen molar-refractivity contribution in [1.29, 1.82) is 0 Å². The molecule has 0 aliphatic carbocycles. The zero-order chi connectivity index (χ0) is 40.0. The first-order valence-corrected chi connectivity index (χ1v) is 21.1. The van der Waals surface area contributed by atoms with Crippen LogP contribution in [-0.2, 0) is 55.5 Å². The molecule has 2 heterocycles. The van der Waals surface area contributed by atoms with Crippen molar-refractivity contribution in [2.75, 3.05) is 27.2 Å². The number of anilines is 3. The van der Waals surface area contributed by atoms with E-state index in [1.807, 2.05) is 0 Å². The van der Waals surface area contributed by atoms with Gasteiger partial charge in [-0.2, -0.15) is 0 Å². The monoisotopic (exact) mass is 909 g/mol. The fourth-order valence-electron chi connectivity index (χ4n) is 5.80. The third-order valence-corrected chi connectivity index (χ3v) is 11.6. The summed E-state index contributed by atoms with van der Waals surface area (Å²) in [6.07, 6.45) is 8.45. The minimum Gasteiger partial charge on any atom is -0.748 e. The van der Waals surface area contributed by atoms with Gasteiger partial charge in [0.05, 0.1) is 41.9 Å². The van der Waals surface area contributed by atoms with Gasteiger partial charge < -0.3 is 23.1 Å². The Labute approximate surface area is 424 Å². The SMILES string of the molecule is CC1(C)\C(=C/C=C/C=C/C=C2C(=O)N(c3ccc(S(=O)(=O)[O-])cc3)N(c3ccc(S(=O)(=O)[O-])cc3)C2=O)N(CCS(=O)(=O)[O-])c2ccc(S(=O)(=O)[O-])cc21.[Na+].[Na+].[Na+].[Na+]. The van der Waals surface area contributed by atoms with E-state index in [1.54, 1.807) is 19.9 Å². The quantitative estimate of drug-likeness (QED) is 0.0568. The molecule has 0 atom stereocenters. The van der Waals surface area contributed by atoms with Crippen molar-refractivity contribution >= 4 is 69.3 Å². The van der Waals surface area contributed by atoms with Crippen LogP contribution in [-0.4, -0.2) is 76.0 Å². The van der Waals surface area contributed by atoms with Crippen molar-refractivity contribution < 1.29 is 180 Å². The Morgan fingerprint density at radius 2 is 0.966 bits per heavy atom. The molecular weight excluding hydrogens is 883 g/mol. The van der Waals surface area contributed by atoms with Crippen molar-refractivity contribution in [2.24, 2.45) is 0 Å². The first-order chi connectivity index (χ1) is 24.9. The van der Waals surface area contributed by atoms with Gasteiger partial charge in [0, 0.05) is 23.3 Å². The Morgan fingerprint density at radius 3 is 1.36 bits per heavy atom. The minimum absolute atomic E-state index is 0. The molecule has 0 saturated carbocycles. The number of carbonyl (C=O) groups is 2. The molecule has 25 heteroatoms. The van der Waals surface area contributed by atoms with Crippen molar-refractivity contribution in [2.45, 2.75) is 33.9 Å². The van der Waals surface area contributed by atoms with Crippen LogP contribution in [0.15, 0.2) is 129 Å². The molecule has 1 saturated heterocycles. The van der Waals surface area contributed by atoms with E-state index < -0.39 is 83.7 Å². The maximum absolute atomic E-state index is 13.6. The number of hydrogen-bond acceptors (Lipinski definition) is 15. The van der Waals surface area contributed by atoms with Crippen molar-refractivity contribution in [3.8, 4) is 0 Å². The molecule has 0 aromatic heterocycles. The first-order valence-electron chi connectivity index (χ1n) is 15.3. The minimum atomic E-state index is -4.85. The van der Waals surface area contributed by atoms with Gasteiger partial charge in [-0.15, -0.1) is 0 Å². The van der Waals surface area contributed by atoms with Gasteiger partial charge in [-0.1, -0.05) is 38.2 Å². The van der Waals surface area contributed by atoms with Crippen molar-refractivity contribution in [3.05, 3.63) is 120 Å². The van der Waals surface area contributed by atoms with E-state index in [1.165, 1.54) is 41.3 Å². The molecule has 0 bridgehead atoms. The van der Waals surface area contributed by atoms with E-state index in [0.717, 1.165) is 70.7 Å². The maximum atomic E-state index is 13.6. The molecular formula is C33H27N3Na4O14S4. The molecule has 3 aromatic rings. The van der Waals surface area contributed by atoms with Crippen LogP contribution >= 0.6 is 0 Å². The standard InChI is InChI=1S/C33H31N3O14S4.4Na/c1-33(2)28-21-26(54(48,49)50)17-18-29(28)34(19-20-51(39,40)41)30(33)8-6-4-3-5-7-27-31(37)35(22-9-13-24(14-10-22)52(42,43)44)36(32(27)38)23-11-15-25(16-12-23)53(45,46)47;;;;/h3-18,21H,19-20H2,1-2H3,(H,39,40,41)(H,42,43,44)(H,45,46,47)(H,48,49,50);;;;/q;4*+1/p-4/b5-3+,6-4+,30-8+;;;;. The van der Waals surface area contributed by atoms with Gasteiger partial charge in [-0.25, -0.2) is 43.7 Å². The molecule has 58 heavy (non-hydrogen) atoms. The number of allylic oxidation sites excluding steroid dienone is 7. The summed E-state index contributed by atoms with van der Waals surface area (Å²) in [5.41, 5.74) is -0.241. The topological polar surface area (TPSA) is 273 Å². The number of fused-ring (bicyclic) bond motifs is 1. The molecule has 2 aliphatic rings. The first kappa shape index (κ1) is 55.0. The molecule has 0 spiro atoms. The number of benzene rings is 3. The average Bonchev–Trinajstić information content (AvgIpc) is 3.44. The van der Waals surface area contributed by atoms with Crippen LogP contribution in [0.5, 0.6) is 0 Å². The molecule has 2 aliphatic heterocycles. The van der Waals surface area contributed by atoms with Crippen molar-refractivity contribution in [3.63, 3.8) is 0 Å². The molecule has 3 aromatic carbocycles. The smallest absolute Gasteiger partial charge is 0.748 e. The number of amides is 2. The summed E-state index contributed by atoms with van der Waals surface area (Å²) in [6.45, 7) is 3.12. The summed E-state index contributed by atoms with van der Waals surface area (Å²) in [4.78, 5) is 27.0. The summed E-state index contributed by atoms with van der Waals surface area (Å²) in [6, 6.07) is 11.7. The summed E-state index contributed by atoms with van der Waals surface area (Å²) in [5, 5.41) is 1.70. The molecule has 0 unspecified atom stereocenters. The Morgan fingerprint density at radius 1 is 0.569 bits per heavy atom. The Bertz CT molecular complexity index is 2540. The van der Waals surface area contributed by atoms with Crippen molar-refractivity contribution in [1.82, 2.24) is 0 Å². The number of hydrogen-bond donors (Lipinski definition) is 0. The molecule has 2 amide bonds. The van der Waals surface area contributed by atoms with E-state index in [2.05, 4.69) is 0 Å². The van der Waals surface area contributed by atoms with E-state index in [0.29, 0.717) is 16.9 Å². The fourth-order valence-corrected chi connectivity index (χ4v) is 7.64. The van der Waals surface area contributed by atoms with Crippen LogP contribution in [0.25, 0.3) is 0 Å². The van der Waals surface area contributed by atoms with Crippen LogP contribution in [0.2, 0.25) is 0 Å². The van der Waals surface area contributed by atoms with Gasteiger partial charge in [0.1, 0.15) is 35.9 Å². The Balaban J connectivity index is 0.00000420. The predicted octanol–water partition coefficient (Wildman–Crippen LogP) is -10.0. The number of rotatable bonds is 11. The second-order valence-electron chi connectivity index (χ2n) is 12.2. The fraction of sp³-hybridized carbons (Fsp3) is 0.152. The zero-order valence-electron chi connectivity index (χ0n) is 31.9. The molecule has 0 N–H and O–H groups in total. The molecule has 286 valence electrons. The molecule has 1 fully saturated rings. The van der Waals surface area contributed by atoms with Crippen LogP contribution in [0.4, 0.5) is 17.1 Å². The second kappa shape index (κ2) is 20.9. The Hall–Kier alpha value is -1.000. The number of nitrogens with zero attached hydrogens (tertiary/aromatic N) is 3. The maximum Gasteiger partial charge on any atom is 1.00 e. The predicted molar refractivity (Wildman–Crippen MR) is 188 cm³/mol. The van der Waals surface area contributed by atoms with E-state index in [-0.39, 0.29) is 136 Å². The van der Waals surface area contributed by atoms with E-state index >= 15 is 0 Å². The van der Waals surface area contributed by atoms with Crippen LogP contribution in [0.1, 0.15) is 19.4 Å². The summed E-state index contributed by atoms with van der Waals surface area (Å²) < 4.78 is 138. The molecule has 17 nitrogen and oxygen atoms in total. The van der Waals surface area contributed by atoms with Gasteiger partial charge in [0.25, 0.3) is 11.8 Å². The third kappa shape index (κ3) is 12.6. The Kier molecular flexibility index (Phi) is 19.8. The van der Waals surface area contributed by atoms with Gasteiger partial charge in [0.15, 0.2) is 0 Å². The summed E-state index contributed by atoms with van der Waals surface area (Å²) >= 11 is 0. The van der Waals surface area contributed by atoms with Gasteiger partial charge in [-0.3, -0.25) is 9.59 Å². The summed E-state index contributed by atoms with van der Waals surface area (Å²) in [7, 11) is -19.2. The second-order valence-corrected chi connectivity index (χ2v) is 17.9. The van der Waals surface area contributed by atoms with E-state index in [4.69, 9.17) is 0 Å². The zero-order valence-corrected chi connectivity index (χ0v) is 43.2. The largest absolute Gasteiger partial charge is 1.00 e. The van der Waals surface area contributed by atoms with Crippen LogP contribution in [0, 0.1) is 0 Å². The van der Waals surface area contributed by atoms with Gasteiger partial charge in [-0.05, 0) is 84.4 Å². The van der Waals surface area contributed by atoms with Gasteiger partial charge >= 0.3 is 118 Å². The van der Waals surface area contributed by atoms with Gasteiger partial charge in [0.2, 0.25) is 0 Å². The number of hydrazine groups is 1. The third-order valence-electron chi connectivity index (χ3n) is 8.35. The molecule has 5 rings (SSSR count). The molecule has 0 radical (unpaired) electrons. The normalized spacial score (nSPS) is 16.2. The van der Waals surface area contributed by atoms with E-state index in [9.17, 15) is 61.5 Å². The average molecular weight is 910 g/mol. The van der Waals surface area contributed by atoms with Crippen LogP contribution in [0.3, 0.4) is 0 Å². The summed E-state index contributed by atoms with van der Waals surface area (Å²) in [5.74, 6) is -2.58. The van der Waals surface area contributed by atoms with Crippen LogP contribution < -0.4 is 133 Å².